The molecule has 0 unspecified atom stereocenters. The largest absolute Gasteiger partial charge is 0.374 e. The number of hydrogen-bond donors (Lipinski definition) is 1. The first-order valence-electron chi connectivity index (χ1n) is 8.80. The van der Waals surface area contributed by atoms with Gasteiger partial charge < -0.3 is 10.1 Å². The molecule has 2 aliphatic rings. The van der Waals surface area contributed by atoms with Crippen molar-refractivity contribution in [1.82, 2.24) is 5.32 Å². The second-order valence-corrected chi connectivity index (χ2v) is 8.18. The SMILES string of the molecule is CCNCC1(OCCC2CC2)CCC(C(C)(C)C)CC1. The highest BCUT2D eigenvalue weighted by Gasteiger charge is 2.39. The summed E-state index contributed by atoms with van der Waals surface area (Å²) in [6, 6.07) is 0. The van der Waals surface area contributed by atoms with Gasteiger partial charge in [0.1, 0.15) is 0 Å². The summed E-state index contributed by atoms with van der Waals surface area (Å²) in [7, 11) is 0. The minimum atomic E-state index is 0.132. The molecule has 0 amide bonds. The van der Waals surface area contributed by atoms with Crippen LogP contribution in [0.3, 0.4) is 0 Å². The molecule has 2 rings (SSSR count). The third-order valence-electron chi connectivity index (χ3n) is 5.45. The van der Waals surface area contributed by atoms with Crippen LogP contribution in [0.15, 0.2) is 0 Å². The Morgan fingerprint density at radius 2 is 1.75 bits per heavy atom. The normalized spacial score (nSPS) is 31.5. The summed E-state index contributed by atoms with van der Waals surface area (Å²) >= 11 is 0. The van der Waals surface area contributed by atoms with Gasteiger partial charge in [0.05, 0.1) is 5.60 Å². The summed E-state index contributed by atoms with van der Waals surface area (Å²) in [6.45, 7) is 12.4. The van der Waals surface area contributed by atoms with E-state index in [0.29, 0.717) is 5.41 Å². The third kappa shape index (κ3) is 4.73. The van der Waals surface area contributed by atoms with Gasteiger partial charge in [-0.15, -0.1) is 0 Å². The van der Waals surface area contributed by atoms with Crippen LogP contribution in [0.4, 0.5) is 0 Å². The summed E-state index contributed by atoms with van der Waals surface area (Å²) in [4.78, 5) is 0. The molecule has 2 aliphatic carbocycles. The number of hydrogen-bond acceptors (Lipinski definition) is 2. The van der Waals surface area contributed by atoms with Crippen LogP contribution in [0, 0.1) is 17.3 Å². The van der Waals surface area contributed by atoms with Crippen LogP contribution in [0.5, 0.6) is 0 Å². The molecular formula is C18H35NO. The van der Waals surface area contributed by atoms with Crippen molar-refractivity contribution in [3.05, 3.63) is 0 Å². The molecule has 0 aromatic heterocycles. The smallest absolute Gasteiger partial charge is 0.0806 e. The molecule has 0 aliphatic heterocycles. The first kappa shape index (κ1) is 16.3. The molecule has 0 spiro atoms. The Bertz CT molecular complexity index is 282. The molecule has 2 saturated carbocycles. The standard InChI is InChI=1S/C18H35NO/c1-5-19-14-18(20-13-10-15-6-7-15)11-8-16(9-12-18)17(2,3)4/h15-16,19H,5-14H2,1-4H3. The van der Waals surface area contributed by atoms with E-state index in [0.717, 1.165) is 31.5 Å². The van der Waals surface area contributed by atoms with Gasteiger partial charge in [0.25, 0.3) is 0 Å². The topological polar surface area (TPSA) is 21.3 Å². The lowest BCUT2D eigenvalue weighted by atomic mass is 9.68. The maximum atomic E-state index is 6.42. The van der Waals surface area contributed by atoms with Gasteiger partial charge in [0.15, 0.2) is 0 Å². The first-order chi connectivity index (χ1) is 9.45. The predicted octanol–water partition coefficient (Wildman–Crippen LogP) is 4.39. The van der Waals surface area contributed by atoms with Crippen molar-refractivity contribution >= 4 is 0 Å². The van der Waals surface area contributed by atoms with Crippen LogP contribution < -0.4 is 5.32 Å². The molecule has 118 valence electrons. The van der Waals surface area contributed by atoms with Crippen LogP contribution in [0.25, 0.3) is 0 Å². The molecule has 0 aromatic rings. The monoisotopic (exact) mass is 281 g/mol. The molecule has 0 radical (unpaired) electrons. The lowest BCUT2D eigenvalue weighted by Crippen LogP contribution is -2.47. The Labute approximate surface area is 126 Å². The highest BCUT2D eigenvalue weighted by Crippen LogP contribution is 2.43. The van der Waals surface area contributed by atoms with E-state index >= 15 is 0 Å². The van der Waals surface area contributed by atoms with E-state index in [1.807, 2.05) is 0 Å². The number of ether oxygens (including phenoxy) is 1. The molecular weight excluding hydrogens is 246 g/mol. The first-order valence-corrected chi connectivity index (χ1v) is 8.80. The second kappa shape index (κ2) is 6.79. The van der Waals surface area contributed by atoms with Crippen LogP contribution in [0.1, 0.15) is 72.6 Å². The summed E-state index contributed by atoms with van der Waals surface area (Å²) in [5, 5.41) is 3.54. The molecule has 0 atom stereocenters. The summed E-state index contributed by atoms with van der Waals surface area (Å²) < 4.78 is 6.42. The van der Waals surface area contributed by atoms with E-state index in [9.17, 15) is 0 Å². The molecule has 0 saturated heterocycles. The Morgan fingerprint density at radius 1 is 1.10 bits per heavy atom. The number of nitrogens with one attached hydrogen (secondary N) is 1. The van der Waals surface area contributed by atoms with Crippen LogP contribution in [0.2, 0.25) is 0 Å². The van der Waals surface area contributed by atoms with Crippen molar-refractivity contribution in [3.8, 4) is 0 Å². The maximum absolute atomic E-state index is 6.42. The van der Waals surface area contributed by atoms with Gasteiger partial charge in [-0.1, -0.05) is 40.5 Å². The molecule has 0 aromatic carbocycles. The molecule has 0 bridgehead atoms. The van der Waals surface area contributed by atoms with Crippen molar-refractivity contribution in [2.24, 2.45) is 17.3 Å². The fraction of sp³-hybridized carbons (Fsp3) is 1.00. The van der Waals surface area contributed by atoms with Crippen molar-refractivity contribution in [3.63, 3.8) is 0 Å². The zero-order valence-corrected chi connectivity index (χ0v) is 14.1. The molecule has 2 heteroatoms. The Morgan fingerprint density at radius 3 is 2.25 bits per heavy atom. The van der Waals surface area contributed by atoms with Crippen LogP contribution in [-0.4, -0.2) is 25.3 Å². The van der Waals surface area contributed by atoms with E-state index in [1.165, 1.54) is 44.9 Å². The molecule has 2 nitrogen and oxygen atoms in total. The lowest BCUT2D eigenvalue weighted by molar-refractivity contribution is -0.0858. The predicted molar refractivity (Wildman–Crippen MR) is 86.0 cm³/mol. The Kier molecular flexibility index (Phi) is 5.53. The van der Waals surface area contributed by atoms with Gasteiger partial charge in [-0.05, 0) is 55.9 Å². The van der Waals surface area contributed by atoms with Gasteiger partial charge in [0.2, 0.25) is 0 Å². The van der Waals surface area contributed by atoms with Crippen LogP contribution >= 0.6 is 0 Å². The summed E-state index contributed by atoms with van der Waals surface area (Å²) in [5.74, 6) is 1.85. The Balaban J connectivity index is 1.83. The quantitative estimate of drug-likeness (QED) is 0.747. The average Bonchev–Trinajstić information content (AvgIpc) is 3.20. The fourth-order valence-electron chi connectivity index (χ4n) is 3.58. The van der Waals surface area contributed by atoms with E-state index in [2.05, 4.69) is 33.0 Å². The number of likely N-dealkylation sites (N-methyl/N-ethyl adjacent to an activating group) is 1. The van der Waals surface area contributed by atoms with Crippen molar-refractivity contribution in [2.75, 3.05) is 19.7 Å². The van der Waals surface area contributed by atoms with Crippen molar-refractivity contribution < 1.29 is 4.74 Å². The van der Waals surface area contributed by atoms with Crippen molar-refractivity contribution in [1.29, 1.82) is 0 Å². The van der Waals surface area contributed by atoms with E-state index in [-0.39, 0.29) is 5.60 Å². The highest BCUT2D eigenvalue weighted by molar-refractivity contribution is 4.92. The van der Waals surface area contributed by atoms with Gasteiger partial charge in [0, 0.05) is 13.2 Å². The minimum Gasteiger partial charge on any atom is -0.374 e. The van der Waals surface area contributed by atoms with Gasteiger partial charge in [-0.2, -0.15) is 0 Å². The molecule has 1 N–H and O–H groups in total. The van der Waals surface area contributed by atoms with Crippen LogP contribution in [-0.2, 0) is 4.74 Å². The lowest BCUT2D eigenvalue weighted by Gasteiger charge is -2.44. The zero-order valence-electron chi connectivity index (χ0n) is 14.1. The van der Waals surface area contributed by atoms with E-state index in [1.54, 1.807) is 0 Å². The van der Waals surface area contributed by atoms with Gasteiger partial charge in [-0.3, -0.25) is 0 Å². The third-order valence-corrected chi connectivity index (χ3v) is 5.45. The molecule has 20 heavy (non-hydrogen) atoms. The minimum absolute atomic E-state index is 0.132. The van der Waals surface area contributed by atoms with E-state index < -0.39 is 0 Å². The maximum Gasteiger partial charge on any atom is 0.0806 e. The average molecular weight is 281 g/mol. The van der Waals surface area contributed by atoms with E-state index in [4.69, 9.17) is 4.74 Å². The molecule has 0 heterocycles. The van der Waals surface area contributed by atoms with Crippen molar-refractivity contribution in [2.45, 2.75) is 78.2 Å². The fourth-order valence-corrected chi connectivity index (χ4v) is 3.58. The highest BCUT2D eigenvalue weighted by atomic mass is 16.5. The molecule has 2 fully saturated rings. The summed E-state index contributed by atoms with van der Waals surface area (Å²) in [6.07, 6.45) is 9.32. The Hall–Kier alpha value is -0.0800. The number of rotatable bonds is 7. The summed E-state index contributed by atoms with van der Waals surface area (Å²) in [5.41, 5.74) is 0.588. The van der Waals surface area contributed by atoms with Gasteiger partial charge >= 0.3 is 0 Å². The second-order valence-electron chi connectivity index (χ2n) is 8.18. The van der Waals surface area contributed by atoms with Gasteiger partial charge in [-0.25, -0.2) is 0 Å². The zero-order chi connectivity index (χ0) is 14.6.